The van der Waals surface area contributed by atoms with Crippen LogP contribution in [0.5, 0.6) is 0 Å². The average Bonchev–Trinajstić information content (AvgIpc) is 3.35. The van der Waals surface area contributed by atoms with Crippen molar-refractivity contribution in [3.63, 3.8) is 0 Å². The van der Waals surface area contributed by atoms with Crippen LogP contribution in [0, 0.1) is 0 Å². The molecule has 0 aromatic carbocycles. The van der Waals surface area contributed by atoms with Gasteiger partial charge in [0.05, 0.1) is 12.9 Å². The highest BCUT2D eigenvalue weighted by Crippen LogP contribution is 2.44. The van der Waals surface area contributed by atoms with Gasteiger partial charge in [-0.1, -0.05) is 0 Å². The van der Waals surface area contributed by atoms with Crippen LogP contribution in [0.1, 0.15) is 40.8 Å². The highest BCUT2D eigenvalue weighted by Gasteiger charge is 2.57. The van der Waals surface area contributed by atoms with Gasteiger partial charge in [-0.3, -0.25) is 9.88 Å². The second-order valence-corrected chi connectivity index (χ2v) is 11.1. The fourth-order valence-corrected chi connectivity index (χ4v) is 4.59. The van der Waals surface area contributed by atoms with E-state index in [-0.39, 0.29) is 21.3 Å². The van der Waals surface area contributed by atoms with Crippen molar-refractivity contribution in [1.82, 2.24) is 23.8 Å². The summed E-state index contributed by atoms with van der Waals surface area (Å²) in [5.41, 5.74) is -0.248. The number of nitrogens with zero attached hydrogens (tertiary/aromatic N) is 5. The largest absolute Gasteiger partial charge is 0.464 e. The molecule has 2 aliphatic heterocycles. The van der Waals surface area contributed by atoms with Crippen LogP contribution in [-0.2, 0) is 29.2 Å². The second-order valence-electron chi connectivity index (χ2n) is 9.66. The number of amides is 2. The molecule has 0 unspecified atom stereocenters. The molecule has 4 rings (SSSR count). The van der Waals surface area contributed by atoms with Crippen molar-refractivity contribution in [3.8, 4) is 0 Å². The Balaban J connectivity index is 1.66. The van der Waals surface area contributed by atoms with Crippen molar-refractivity contribution in [2.45, 2.75) is 70.5 Å². The van der Waals surface area contributed by atoms with Crippen LogP contribution < -0.4 is 10.5 Å². The Morgan fingerprint density at radius 1 is 1.25 bits per heavy atom. The summed E-state index contributed by atoms with van der Waals surface area (Å²) in [5.74, 6) is -0.977. The van der Waals surface area contributed by atoms with Crippen molar-refractivity contribution < 1.29 is 42.1 Å². The monoisotopic (exact) mass is 529 g/mol. The topological polar surface area (TPSA) is 210 Å². The molecule has 36 heavy (non-hydrogen) atoms. The van der Waals surface area contributed by atoms with Gasteiger partial charge >= 0.3 is 22.4 Å². The van der Waals surface area contributed by atoms with E-state index < -0.39 is 64.9 Å². The van der Waals surface area contributed by atoms with Crippen molar-refractivity contribution in [3.05, 3.63) is 12.7 Å². The number of imidazole rings is 1. The Hall–Kier alpha value is -3.12. The molecule has 2 saturated heterocycles. The molecule has 2 aliphatic rings. The van der Waals surface area contributed by atoms with Crippen molar-refractivity contribution >= 4 is 39.4 Å². The third-order valence-electron chi connectivity index (χ3n) is 5.24. The number of fused-ring (bicyclic) bond motifs is 2. The maximum Gasteiger partial charge on any atom is 0.422 e. The molecule has 4 N–H and O–H groups in total. The molecule has 0 bridgehead atoms. The second kappa shape index (κ2) is 8.77. The lowest BCUT2D eigenvalue weighted by Crippen LogP contribution is -2.47. The number of anilines is 1. The molecule has 0 spiro atoms. The molecule has 16 nitrogen and oxygen atoms in total. The normalized spacial score (nSPS) is 25.5. The number of nitrogens with one attached hydrogen (secondary N) is 1. The van der Waals surface area contributed by atoms with Gasteiger partial charge in [-0.25, -0.2) is 29.7 Å². The first-order valence-electron chi connectivity index (χ1n) is 10.8. The lowest BCUT2D eigenvalue weighted by Gasteiger charge is -2.26. The summed E-state index contributed by atoms with van der Waals surface area (Å²) < 4.78 is 48.3. The molecule has 198 valence electrons. The molecule has 2 fully saturated rings. The number of aromatic nitrogens is 4. The van der Waals surface area contributed by atoms with Crippen LogP contribution in [0.3, 0.4) is 0 Å². The summed E-state index contributed by atoms with van der Waals surface area (Å²) in [6.07, 6.45) is -3.53. The van der Waals surface area contributed by atoms with E-state index in [0.717, 1.165) is 0 Å². The average molecular weight is 530 g/mol. The molecule has 2 amide bonds. The fraction of sp³-hybridized carbons (Fsp3) is 0.632. The third-order valence-corrected chi connectivity index (χ3v) is 6.16. The zero-order valence-electron chi connectivity index (χ0n) is 20.1. The summed E-state index contributed by atoms with van der Waals surface area (Å²) in [4.78, 5) is 36.3. The summed E-state index contributed by atoms with van der Waals surface area (Å²) in [6.45, 7) is 7.84. The standard InChI is InChI=1S/C19H27N7O9S/c1-18(2,3)35-16(27)24-13-10-14(22-7-21-13)25(8-23-10)15-12-11(33-19(4,5)34-12)9(32-15)6-26(17(28)29)36(20,30)31/h7-9,11-12,15H,6H2,1-5H3,(H,28,29)(H2,20,30,31)(H,21,22,24,27)/t9-,11-,12-,15-/m1/s1. The molecule has 0 aliphatic carbocycles. The van der Waals surface area contributed by atoms with E-state index in [1.807, 2.05) is 0 Å². The summed E-state index contributed by atoms with van der Waals surface area (Å²) in [6, 6.07) is 0. The van der Waals surface area contributed by atoms with E-state index in [1.165, 1.54) is 17.2 Å². The first-order valence-corrected chi connectivity index (χ1v) is 12.3. The van der Waals surface area contributed by atoms with Crippen LogP contribution in [0.15, 0.2) is 12.7 Å². The van der Waals surface area contributed by atoms with Gasteiger partial charge in [-0.2, -0.15) is 12.7 Å². The number of rotatable bonds is 5. The molecular formula is C19H27N7O9S. The Morgan fingerprint density at radius 2 is 1.92 bits per heavy atom. The smallest absolute Gasteiger partial charge is 0.422 e. The van der Waals surface area contributed by atoms with E-state index in [0.29, 0.717) is 0 Å². The molecule has 4 heterocycles. The molecule has 0 radical (unpaired) electrons. The maximum atomic E-state index is 12.2. The van der Waals surface area contributed by atoms with E-state index in [9.17, 15) is 23.1 Å². The quantitative estimate of drug-likeness (QED) is 0.490. The first-order chi connectivity index (χ1) is 16.6. The Bertz CT molecular complexity index is 1290. The predicted molar refractivity (Wildman–Crippen MR) is 121 cm³/mol. The van der Waals surface area contributed by atoms with Gasteiger partial charge in [0.2, 0.25) is 0 Å². The number of nitrogens with two attached hydrogens (primary N) is 1. The van der Waals surface area contributed by atoms with Gasteiger partial charge in [0.15, 0.2) is 29.0 Å². The van der Waals surface area contributed by atoms with E-state index in [2.05, 4.69) is 20.3 Å². The number of ether oxygens (including phenoxy) is 4. The van der Waals surface area contributed by atoms with Crippen LogP contribution >= 0.6 is 0 Å². The molecule has 4 atom stereocenters. The Morgan fingerprint density at radius 3 is 2.53 bits per heavy atom. The number of carboxylic acid groups (broad SMARTS) is 1. The van der Waals surface area contributed by atoms with Crippen LogP contribution in [0.4, 0.5) is 15.4 Å². The number of carbonyl (C=O) groups excluding carboxylic acids is 1. The summed E-state index contributed by atoms with van der Waals surface area (Å²) in [5, 5.41) is 16.9. The van der Waals surface area contributed by atoms with Gasteiger partial charge < -0.3 is 24.1 Å². The third kappa shape index (κ3) is 5.19. The molecular weight excluding hydrogens is 502 g/mol. The molecule has 2 aromatic heterocycles. The van der Waals surface area contributed by atoms with Crippen LogP contribution in [-0.4, -0.2) is 85.8 Å². The van der Waals surface area contributed by atoms with Gasteiger partial charge in [-0.15, -0.1) is 0 Å². The van der Waals surface area contributed by atoms with E-state index >= 15 is 0 Å². The zero-order chi connectivity index (χ0) is 26.6. The highest BCUT2D eigenvalue weighted by atomic mass is 32.2. The van der Waals surface area contributed by atoms with Crippen LogP contribution in [0.25, 0.3) is 11.2 Å². The fourth-order valence-electron chi connectivity index (χ4n) is 4.01. The molecule has 0 saturated carbocycles. The summed E-state index contributed by atoms with van der Waals surface area (Å²) >= 11 is 0. The van der Waals surface area contributed by atoms with Gasteiger partial charge in [-0.05, 0) is 34.6 Å². The van der Waals surface area contributed by atoms with Gasteiger partial charge in [0.25, 0.3) is 0 Å². The lowest BCUT2D eigenvalue weighted by atomic mass is 10.1. The zero-order valence-corrected chi connectivity index (χ0v) is 20.9. The predicted octanol–water partition coefficient (Wildman–Crippen LogP) is 0.774. The number of hydrogen-bond donors (Lipinski definition) is 3. The lowest BCUT2D eigenvalue weighted by molar-refractivity contribution is -0.196. The molecule has 2 aromatic rings. The minimum atomic E-state index is -4.58. The minimum absolute atomic E-state index is 0.0723. The van der Waals surface area contributed by atoms with Crippen molar-refractivity contribution in [1.29, 1.82) is 0 Å². The van der Waals surface area contributed by atoms with Gasteiger partial charge in [0.1, 0.15) is 30.2 Å². The highest BCUT2D eigenvalue weighted by molar-refractivity contribution is 7.87. The van der Waals surface area contributed by atoms with E-state index in [4.69, 9.17) is 24.1 Å². The SMILES string of the molecule is CC(C)(C)OC(=O)Nc1ncnc2c1ncn2[C@@H]1O[C@H](CN(C(=O)O)S(N)(=O)=O)[C@H]2OC(C)(C)O[C@H]21. The maximum absolute atomic E-state index is 12.2. The minimum Gasteiger partial charge on any atom is -0.464 e. The van der Waals surface area contributed by atoms with Gasteiger partial charge in [0, 0.05) is 0 Å². The Kier molecular flexibility index (Phi) is 6.32. The summed E-state index contributed by atoms with van der Waals surface area (Å²) in [7, 11) is -4.58. The van der Waals surface area contributed by atoms with E-state index in [1.54, 1.807) is 34.6 Å². The van der Waals surface area contributed by atoms with Crippen molar-refractivity contribution in [2.24, 2.45) is 5.14 Å². The van der Waals surface area contributed by atoms with Crippen molar-refractivity contribution in [2.75, 3.05) is 11.9 Å². The first kappa shape index (κ1) is 26.0. The number of carbonyl (C=O) groups is 2. The molecule has 17 heteroatoms. The number of hydrogen-bond acceptors (Lipinski definition) is 11. The van der Waals surface area contributed by atoms with Crippen LogP contribution in [0.2, 0.25) is 0 Å². The Labute approximate surface area is 205 Å².